The molecule has 6 rings (SSSR count). The Morgan fingerprint density at radius 3 is 2.50 bits per heavy atom. The lowest BCUT2D eigenvalue weighted by Gasteiger charge is -2.73. The van der Waals surface area contributed by atoms with E-state index in [-0.39, 0.29) is 11.3 Å². The average molecular weight is 364 g/mol. The van der Waals surface area contributed by atoms with E-state index in [1.165, 1.54) is 0 Å². The highest BCUT2D eigenvalue weighted by Crippen LogP contribution is 2.77. The first kappa shape index (κ1) is 17.2. The third kappa shape index (κ3) is 1.38. The van der Waals surface area contributed by atoms with E-state index in [0.29, 0.717) is 24.8 Å². The lowest BCUT2D eigenvalue weighted by Crippen LogP contribution is -2.85. The van der Waals surface area contributed by atoms with Crippen LogP contribution in [0.3, 0.4) is 0 Å². The fourth-order valence-electron chi connectivity index (χ4n) is 8.06. The molecule has 2 spiro atoms. The minimum absolute atomic E-state index is 0.345. The predicted molar refractivity (Wildman–Crippen MR) is 90.4 cm³/mol. The average Bonchev–Trinajstić information content (AvgIpc) is 2.66. The fourth-order valence-corrected chi connectivity index (χ4v) is 8.06. The molecule has 2 heterocycles. The van der Waals surface area contributed by atoms with Crippen LogP contribution in [0.5, 0.6) is 0 Å². The number of aliphatic hydroxyl groups excluding tert-OH is 3. The molecule has 0 radical (unpaired) electrons. The molecule has 4 bridgehead atoms. The number of aliphatic hydroxyl groups is 4. The van der Waals surface area contributed by atoms with Gasteiger partial charge in [-0.05, 0) is 42.6 Å². The third-order valence-corrected chi connectivity index (χ3v) is 8.89. The SMILES string of the molecule is C=C1[C@@H](O)[C@]23[C@H](O)[C@H]1CC[C@H]2[C@]12CCCC(C)(C)[C@H]1[C@H](O)[C@@]3(O)OC2=O. The molecule has 0 aromatic carbocycles. The number of ether oxygens (including phenoxy) is 1. The summed E-state index contributed by atoms with van der Waals surface area (Å²) in [6.45, 7) is 8.01. The van der Waals surface area contributed by atoms with Crippen LogP contribution in [0.1, 0.15) is 46.0 Å². The van der Waals surface area contributed by atoms with Gasteiger partial charge in [-0.2, -0.15) is 0 Å². The molecule has 4 N–H and O–H groups in total. The lowest BCUT2D eigenvalue weighted by atomic mass is 9.36. The minimum Gasteiger partial charge on any atom is -0.429 e. The molecule has 6 heteroatoms. The summed E-state index contributed by atoms with van der Waals surface area (Å²) in [4.78, 5) is 13.2. The number of fused-ring (bicyclic) bond motifs is 2. The Morgan fingerprint density at radius 2 is 1.81 bits per heavy atom. The Labute approximate surface area is 152 Å². The normalized spacial score (nSPS) is 59.6. The van der Waals surface area contributed by atoms with Gasteiger partial charge >= 0.3 is 5.97 Å². The molecule has 2 aliphatic heterocycles. The zero-order valence-corrected chi connectivity index (χ0v) is 15.3. The van der Waals surface area contributed by atoms with Crippen LogP contribution in [-0.4, -0.2) is 50.5 Å². The molecule has 9 atom stereocenters. The van der Waals surface area contributed by atoms with E-state index in [2.05, 4.69) is 6.58 Å². The van der Waals surface area contributed by atoms with E-state index in [0.717, 1.165) is 12.8 Å². The smallest absolute Gasteiger partial charge is 0.315 e. The number of hydrogen-bond donors (Lipinski definition) is 4. The monoisotopic (exact) mass is 364 g/mol. The largest absolute Gasteiger partial charge is 0.429 e. The van der Waals surface area contributed by atoms with E-state index in [1.807, 2.05) is 13.8 Å². The van der Waals surface area contributed by atoms with Crippen LogP contribution < -0.4 is 0 Å². The topological polar surface area (TPSA) is 107 Å². The molecular formula is C20H28O6. The maximum atomic E-state index is 13.2. The van der Waals surface area contributed by atoms with Gasteiger partial charge in [-0.25, -0.2) is 0 Å². The van der Waals surface area contributed by atoms with Crippen molar-refractivity contribution in [3.05, 3.63) is 12.2 Å². The van der Waals surface area contributed by atoms with Crippen LogP contribution in [0.25, 0.3) is 0 Å². The first-order valence-electron chi connectivity index (χ1n) is 9.75. The summed E-state index contributed by atoms with van der Waals surface area (Å²) in [6.07, 6.45) is -0.194. The molecule has 2 saturated heterocycles. The first-order chi connectivity index (χ1) is 12.1. The molecule has 4 aliphatic carbocycles. The Kier molecular flexibility index (Phi) is 3.00. The van der Waals surface area contributed by atoms with E-state index in [1.54, 1.807) is 0 Å². The Hall–Kier alpha value is -0.950. The van der Waals surface area contributed by atoms with Crippen LogP contribution in [0.2, 0.25) is 0 Å². The van der Waals surface area contributed by atoms with Gasteiger partial charge in [0.25, 0.3) is 0 Å². The molecule has 0 unspecified atom stereocenters. The first-order valence-corrected chi connectivity index (χ1v) is 9.75. The van der Waals surface area contributed by atoms with E-state index in [9.17, 15) is 25.2 Å². The zero-order valence-electron chi connectivity index (χ0n) is 15.3. The van der Waals surface area contributed by atoms with E-state index < -0.39 is 52.7 Å². The Balaban J connectivity index is 1.82. The van der Waals surface area contributed by atoms with Crippen LogP contribution >= 0.6 is 0 Å². The molecule has 6 fully saturated rings. The molecule has 0 aromatic rings. The highest BCUT2D eigenvalue weighted by atomic mass is 16.7. The van der Waals surface area contributed by atoms with Crippen molar-refractivity contribution in [2.75, 3.05) is 0 Å². The fraction of sp³-hybridized carbons (Fsp3) is 0.850. The second-order valence-corrected chi connectivity index (χ2v) is 9.98. The van der Waals surface area contributed by atoms with Crippen molar-refractivity contribution in [2.45, 2.75) is 70.1 Å². The zero-order chi connectivity index (χ0) is 18.9. The summed E-state index contributed by atoms with van der Waals surface area (Å²) in [5.74, 6) is -4.02. The van der Waals surface area contributed by atoms with Gasteiger partial charge in [0, 0.05) is 11.8 Å². The number of rotatable bonds is 0. The predicted octanol–water partition coefficient (Wildman–Crippen LogP) is 0.723. The van der Waals surface area contributed by atoms with Crippen molar-refractivity contribution in [1.82, 2.24) is 0 Å². The van der Waals surface area contributed by atoms with Crippen molar-refractivity contribution < 1.29 is 30.0 Å². The quantitative estimate of drug-likeness (QED) is 0.373. The number of carbonyl (C=O) groups excluding carboxylic acids is 1. The standard InChI is InChI=1S/C20H28O6/c1-9-10-5-6-11-18-8-4-7-17(2,3)12(18)15(23)20(25,26-16(18)24)19(11,13(9)21)14(10)22/h10-15,21-23,25H,1,4-8H2,2-3H3/t10-,11-,12+,13+,14+,15-,18+,19-,20+/m0/s1. The maximum Gasteiger partial charge on any atom is 0.315 e. The minimum atomic E-state index is -2.30. The molecule has 6 aliphatic rings. The van der Waals surface area contributed by atoms with Crippen molar-refractivity contribution in [1.29, 1.82) is 0 Å². The van der Waals surface area contributed by atoms with Gasteiger partial charge in [0.2, 0.25) is 5.79 Å². The summed E-state index contributed by atoms with van der Waals surface area (Å²) in [5.41, 5.74) is -2.35. The highest BCUT2D eigenvalue weighted by molar-refractivity contribution is 5.82. The van der Waals surface area contributed by atoms with Crippen molar-refractivity contribution in [3.8, 4) is 0 Å². The molecule has 26 heavy (non-hydrogen) atoms. The Bertz CT molecular complexity index is 717. The molecule has 0 aromatic heterocycles. The molecule has 4 saturated carbocycles. The number of esters is 1. The molecule has 6 nitrogen and oxygen atoms in total. The van der Waals surface area contributed by atoms with Gasteiger partial charge in [-0.3, -0.25) is 4.79 Å². The third-order valence-electron chi connectivity index (χ3n) is 8.89. The summed E-state index contributed by atoms with van der Waals surface area (Å²) in [5, 5.41) is 45.2. The number of carbonyl (C=O) groups is 1. The summed E-state index contributed by atoms with van der Waals surface area (Å²) in [7, 11) is 0. The Morgan fingerprint density at radius 1 is 1.12 bits per heavy atom. The van der Waals surface area contributed by atoms with Crippen molar-refractivity contribution >= 4 is 5.97 Å². The van der Waals surface area contributed by atoms with Gasteiger partial charge in [-0.1, -0.05) is 26.8 Å². The molecule has 144 valence electrons. The van der Waals surface area contributed by atoms with Gasteiger partial charge in [0.1, 0.15) is 6.10 Å². The highest BCUT2D eigenvalue weighted by Gasteiger charge is 2.88. The van der Waals surface area contributed by atoms with Gasteiger partial charge in [0.05, 0.1) is 23.0 Å². The maximum absolute atomic E-state index is 13.2. The van der Waals surface area contributed by atoms with Crippen LogP contribution in [0, 0.1) is 34.0 Å². The van der Waals surface area contributed by atoms with Crippen LogP contribution in [0.15, 0.2) is 12.2 Å². The van der Waals surface area contributed by atoms with Crippen LogP contribution in [0.4, 0.5) is 0 Å². The van der Waals surface area contributed by atoms with Gasteiger partial charge in [0.15, 0.2) is 0 Å². The van der Waals surface area contributed by atoms with Crippen molar-refractivity contribution in [2.24, 2.45) is 34.0 Å². The van der Waals surface area contributed by atoms with Crippen molar-refractivity contribution in [3.63, 3.8) is 0 Å². The summed E-state index contributed by atoms with van der Waals surface area (Å²) in [6, 6.07) is 0. The van der Waals surface area contributed by atoms with Crippen LogP contribution in [-0.2, 0) is 9.53 Å². The van der Waals surface area contributed by atoms with Gasteiger partial charge in [-0.15, -0.1) is 0 Å². The molecular weight excluding hydrogens is 336 g/mol. The lowest BCUT2D eigenvalue weighted by molar-refractivity contribution is -0.434. The van der Waals surface area contributed by atoms with Gasteiger partial charge < -0.3 is 25.2 Å². The molecule has 0 amide bonds. The number of hydrogen-bond acceptors (Lipinski definition) is 6. The van der Waals surface area contributed by atoms with E-state index >= 15 is 0 Å². The second-order valence-electron chi connectivity index (χ2n) is 9.98. The second kappa shape index (κ2) is 4.54. The summed E-state index contributed by atoms with van der Waals surface area (Å²) < 4.78 is 5.52. The summed E-state index contributed by atoms with van der Waals surface area (Å²) >= 11 is 0. The van der Waals surface area contributed by atoms with E-state index in [4.69, 9.17) is 4.74 Å².